The summed E-state index contributed by atoms with van der Waals surface area (Å²) in [4.78, 5) is 16.4. The van der Waals surface area contributed by atoms with Crippen molar-refractivity contribution >= 4 is 17.3 Å². The van der Waals surface area contributed by atoms with Crippen LogP contribution in [0.3, 0.4) is 0 Å². The molecule has 0 saturated carbocycles. The molecular formula is C20H24N2O2. The van der Waals surface area contributed by atoms with E-state index in [0.717, 1.165) is 24.5 Å². The summed E-state index contributed by atoms with van der Waals surface area (Å²) >= 11 is 0. The van der Waals surface area contributed by atoms with Gasteiger partial charge in [0, 0.05) is 31.5 Å². The minimum absolute atomic E-state index is 0.0554. The summed E-state index contributed by atoms with van der Waals surface area (Å²) in [6, 6.07) is 17.8. The number of carbonyl (C=O) groups is 1. The number of ether oxygens (including phenoxy) is 1. The molecule has 1 saturated heterocycles. The average molecular weight is 324 g/mol. The Morgan fingerprint density at radius 2 is 1.71 bits per heavy atom. The molecule has 1 heterocycles. The van der Waals surface area contributed by atoms with Crippen LogP contribution in [0.4, 0.5) is 11.4 Å². The Labute approximate surface area is 143 Å². The zero-order valence-electron chi connectivity index (χ0n) is 14.1. The third kappa shape index (κ3) is 4.07. The SMILES string of the molecule is CN(C(=O)CCOc1ccccc1)c1ccc(N2CCCC2)cc1. The van der Waals surface area contributed by atoms with Gasteiger partial charge in [-0.05, 0) is 49.2 Å². The van der Waals surface area contributed by atoms with Crippen LogP contribution in [-0.2, 0) is 4.79 Å². The van der Waals surface area contributed by atoms with E-state index in [0.29, 0.717) is 13.0 Å². The lowest BCUT2D eigenvalue weighted by molar-refractivity contribution is -0.118. The summed E-state index contributed by atoms with van der Waals surface area (Å²) in [6.45, 7) is 2.65. The minimum Gasteiger partial charge on any atom is -0.493 e. The molecule has 4 heteroatoms. The maximum atomic E-state index is 12.3. The molecule has 0 radical (unpaired) electrons. The standard InChI is InChI=1S/C20H24N2O2/c1-21(20(23)13-16-24-19-7-3-2-4-8-19)17-9-11-18(12-10-17)22-14-5-6-15-22/h2-4,7-12H,5-6,13-16H2,1H3. The topological polar surface area (TPSA) is 32.8 Å². The summed E-state index contributed by atoms with van der Waals surface area (Å²) in [5.41, 5.74) is 2.16. The molecule has 0 aromatic heterocycles. The predicted molar refractivity (Wildman–Crippen MR) is 97.9 cm³/mol. The summed E-state index contributed by atoms with van der Waals surface area (Å²) in [5, 5.41) is 0. The maximum absolute atomic E-state index is 12.3. The van der Waals surface area contributed by atoms with Gasteiger partial charge in [-0.1, -0.05) is 18.2 Å². The van der Waals surface area contributed by atoms with Gasteiger partial charge in [0.25, 0.3) is 0 Å². The molecule has 1 amide bonds. The molecule has 0 atom stereocenters. The Kier molecular flexibility index (Phi) is 5.36. The molecule has 3 rings (SSSR count). The maximum Gasteiger partial charge on any atom is 0.230 e. The van der Waals surface area contributed by atoms with E-state index in [4.69, 9.17) is 4.74 Å². The van der Waals surface area contributed by atoms with E-state index in [1.165, 1.54) is 18.5 Å². The highest BCUT2D eigenvalue weighted by Gasteiger charge is 2.14. The Morgan fingerprint density at radius 3 is 2.38 bits per heavy atom. The molecule has 0 bridgehead atoms. The molecule has 1 fully saturated rings. The molecule has 1 aliphatic rings. The average Bonchev–Trinajstić information content (AvgIpc) is 3.17. The number of nitrogens with zero attached hydrogens (tertiary/aromatic N) is 2. The third-order valence-corrected chi connectivity index (χ3v) is 4.41. The fourth-order valence-corrected chi connectivity index (χ4v) is 2.95. The molecule has 24 heavy (non-hydrogen) atoms. The van der Waals surface area contributed by atoms with Crippen LogP contribution in [0.25, 0.3) is 0 Å². The largest absolute Gasteiger partial charge is 0.493 e. The first-order valence-electron chi connectivity index (χ1n) is 8.53. The zero-order valence-corrected chi connectivity index (χ0v) is 14.1. The molecule has 2 aromatic rings. The molecule has 126 valence electrons. The highest BCUT2D eigenvalue weighted by atomic mass is 16.5. The van der Waals surface area contributed by atoms with Crippen LogP contribution in [0.15, 0.2) is 54.6 Å². The van der Waals surface area contributed by atoms with Gasteiger partial charge in [-0.3, -0.25) is 4.79 Å². The zero-order chi connectivity index (χ0) is 16.8. The van der Waals surface area contributed by atoms with Crippen molar-refractivity contribution in [1.82, 2.24) is 0 Å². The van der Waals surface area contributed by atoms with E-state index in [9.17, 15) is 4.79 Å². The number of carbonyl (C=O) groups excluding carboxylic acids is 1. The van der Waals surface area contributed by atoms with Crippen LogP contribution >= 0.6 is 0 Å². The monoisotopic (exact) mass is 324 g/mol. The molecule has 4 nitrogen and oxygen atoms in total. The first kappa shape index (κ1) is 16.4. The van der Waals surface area contributed by atoms with Gasteiger partial charge in [0.15, 0.2) is 0 Å². The molecule has 2 aromatic carbocycles. The van der Waals surface area contributed by atoms with Gasteiger partial charge in [-0.2, -0.15) is 0 Å². The van der Waals surface area contributed by atoms with Crippen molar-refractivity contribution in [3.05, 3.63) is 54.6 Å². The number of hydrogen-bond donors (Lipinski definition) is 0. The molecular weight excluding hydrogens is 300 g/mol. The number of para-hydroxylation sites is 1. The van der Waals surface area contributed by atoms with E-state index in [-0.39, 0.29) is 5.91 Å². The quantitative estimate of drug-likeness (QED) is 0.812. The number of amides is 1. The van der Waals surface area contributed by atoms with Crippen LogP contribution in [0.5, 0.6) is 5.75 Å². The van der Waals surface area contributed by atoms with Crippen molar-refractivity contribution < 1.29 is 9.53 Å². The lowest BCUT2D eigenvalue weighted by atomic mass is 10.2. The number of benzene rings is 2. The van der Waals surface area contributed by atoms with Crippen LogP contribution in [0.2, 0.25) is 0 Å². The van der Waals surface area contributed by atoms with Crippen LogP contribution in [-0.4, -0.2) is 32.7 Å². The van der Waals surface area contributed by atoms with Crippen molar-refractivity contribution in [2.45, 2.75) is 19.3 Å². The van der Waals surface area contributed by atoms with E-state index in [2.05, 4.69) is 17.0 Å². The van der Waals surface area contributed by atoms with Crippen LogP contribution in [0, 0.1) is 0 Å². The molecule has 0 aliphatic carbocycles. The summed E-state index contributed by atoms with van der Waals surface area (Å²) < 4.78 is 5.60. The van der Waals surface area contributed by atoms with Gasteiger partial charge in [-0.15, -0.1) is 0 Å². The fraction of sp³-hybridized carbons (Fsp3) is 0.350. The Bertz CT molecular complexity index is 649. The Morgan fingerprint density at radius 1 is 1.04 bits per heavy atom. The van der Waals surface area contributed by atoms with E-state index in [1.54, 1.807) is 4.90 Å². The highest BCUT2D eigenvalue weighted by Crippen LogP contribution is 2.23. The number of hydrogen-bond acceptors (Lipinski definition) is 3. The smallest absolute Gasteiger partial charge is 0.230 e. The normalized spacial score (nSPS) is 13.8. The number of anilines is 2. The fourth-order valence-electron chi connectivity index (χ4n) is 2.95. The lowest BCUT2D eigenvalue weighted by Crippen LogP contribution is -2.27. The van der Waals surface area contributed by atoms with Gasteiger partial charge >= 0.3 is 0 Å². The second-order valence-electron chi connectivity index (χ2n) is 6.07. The molecule has 1 aliphatic heterocycles. The van der Waals surface area contributed by atoms with Gasteiger partial charge in [0.05, 0.1) is 13.0 Å². The van der Waals surface area contributed by atoms with Crippen molar-refractivity contribution in [2.75, 3.05) is 36.5 Å². The highest BCUT2D eigenvalue weighted by molar-refractivity contribution is 5.93. The number of rotatable bonds is 6. The van der Waals surface area contributed by atoms with Crippen molar-refractivity contribution in [1.29, 1.82) is 0 Å². The first-order valence-corrected chi connectivity index (χ1v) is 8.53. The molecule has 0 N–H and O–H groups in total. The Hall–Kier alpha value is -2.49. The summed E-state index contributed by atoms with van der Waals surface area (Å²) in [6.07, 6.45) is 2.89. The lowest BCUT2D eigenvalue weighted by Gasteiger charge is -2.21. The Balaban J connectivity index is 1.51. The minimum atomic E-state index is 0.0554. The first-order chi connectivity index (χ1) is 11.7. The van der Waals surface area contributed by atoms with E-state index < -0.39 is 0 Å². The third-order valence-electron chi connectivity index (χ3n) is 4.41. The summed E-state index contributed by atoms with van der Waals surface area (Å²) in [7, 11) is 1.82. The molecule has 0 unspecified atom stereocenters. The van der Waals surface area contributed by atoms with Gasteiger partial charge in [0.2, 0.25) is 5.91 Å². The van der Waals surface area contributed by atoms with E-state index >= 15 is 0 Å². The van der Waals surface area contributed by atoms with Crippen molar-refractivity contribution in [2.24, 2.45) is 0 Å². The van der Waals surface area contributed by atoms with E-state index in [1.807, 2.05) is 49.5 Å². The van der Waals surface area contributed by atoms with Gasteiger partial charge < -0.3 is 14.5 Å². The van der Waals surface area contributed by atoms with Crippen LogP contribution < -0.4 is 14.5 Å². The van der Waals surface area contributed by atoms with Crippen molar-refractivity contribution in [3.63, 3.8) is 0 Å². The van der Waals surface area contributed by atoms with Gasteiger partial charge in [0.1, 0.15) is 5.75 Å². The van der Waals surface area contributed by atoms with Gasteiger partial charge in [-0.25, -0.2) is 0 Å². The second kappa shape index (κ2) is 7.86. The second-order valence-corrected chi connectivity index (χ2v) is 6.07. The van der Waals surface area contributed by atoms with Crippen LogP contribution in [0.1, 0.15) is 19.3 Å². The predicted octanol–water partition coefficient (Wildman–Crippen LogP) is 3.72. The summed E-state index contributed by atoms with van der Waals surface area (Å²) in [5.74, 6) is 0.850. The molecule has 0 spiro atoms. The van der Waals surface area contributed by atoms with Crippen molar-refractivity contribution in [3.8, 4) is 5.75 Å².